The third kappa shape index (κ3) is 2.10. The van der Waals surface area contributed by atoms with Crippen LogP contribution in [-0.4, -0.2) is 14.5 Å². The number of rotatable bonds is 2. The van der Waals surface area contributed by atoms with Gasteiger partial charge in [0.1, 0.15) is 0 Å². The van der Waals surface area contributed by atoms with Crippen molar-refractivity contribution < 1.29 is 0 Å². The lowest BCUT2D eigenvalue weighted by molar-refractivity contribution is 0.655. The van der Waals surface area contributed by atoms with Crippen molar-refractivity contribution in [3.05, 3.63) is 43.6 Å². The zero-order chi connectivity index (χ0) is 14.4. The van der Waals surface area contributed by atoms with Crippen molar-refractivity contribution >= 4 is 46.2 Å². The van der Waals surface area contributed by atoms with Gasteiger partial charge in [-0.05, 0) is 45.1 Å². The number of hydrogen-bond acceptors (Lipinski definition) is 3. The molecule has 0 radical (unpaired) electrons. The van der Waals surface area contributed by atoms with Crippen LogP contribution in [0.2, 0.25) is 5.02 Å². The first-order valence-corrected chi connectivity index (χ1v) is 7.92. The number of nitrogens with zero attached hydrogens (tertiary/aromatic N) is 2. The molecule has 1 atom stereocenters. The quantitative estimate of drug-likeness (QED) is 0.671. The predicted molar refractivity (Wildman–Crippen MR) is 87.5 cm³/mol. The van der Waals surface area contributed by atoms with Gasteiger partial charge in [0.2, 0.25) is 0 Å². The largest absolute Gasteiger partial charge is 0.329 e. The highest BCUT2D eigenvalue weighted by Crippen LogP contribution is 2.32. The Kier molecular flexibility index (Phi) is 3.44. The van der Waals surface area contributed by atoms with Gasteiger partial charge in [-0.1, -0.05) is 17.7 Å². The van der Waals surface area contributed by atoms with Crippen LogP contribution in [0.15, 0.2) is 18.2 Å². The minimum Gasteiger partial charge on any atom is -0.329 e. The van der Waals surface area contributed by atoms with Crippen LogP contribution in [0.3, 0.4) is 0 Å². The highest BCUT2D eigenvalue weighted by Gasteiger charge is 2.18. The van der Waals surface area contributed by atoms with E-state index in [1.165, 1.54) is 4.88 Å². The van der Waals surface area contributed by atoms with Gasteiger partial charge in [-0.2, -0.15) is 0 Å². The summed E-state index contributed by atoms with van der Waals surface area (Å²) in [4.78, 5) is 8.94. The van der Waals surface area contributed by atoms with E-state index in [0.717, 1.165) is 21.7 Å². The van der Waals surface area contributed by atoms with Crippen LogP contribution in [0.25, 0.3) is 11.0 Å². The molecule has 0 bridgehead atoms. The van der Waals surface area contributed by atoms with Gasteiger partial charge in [0, 0.05) is 0 Å². The van der Waals surface area contributed by atoms with E-state index in [1.54, 1.807) is 11.3 Å². The topological polar surface area (TPSA) is 33.6 Å². The van der Waals surface area contributed by atoms with Gasteiger partial charge < -0.3 is 9.55 Å². The highest BCUT2D eigenvalue weighted by molar-refractivity contribution is 7.71. The molecule has 20 heavy (non-hydrogen) atoms. The van der Waals surface area contributed by atoms with E-state index in [1.807, 2.05) is 32.0 Å². The Balaban J connectivity index is 2.24. The molecule has 0 aliphatic rings. The molecule has 0 fully saturated rings. The molecule has 0 aliphatic carbocycles. The molecule has 1 N–H and O–H groups in total. The van der Waals surface area contributed by atoms with Crippen LogP contribution >= 0.6 is 35.2 Å². The van der Waals surface area contributed by atoms with Gasteiger partial charge in [-0.25, -0.2) is 4.98 Å². The Morgan fingerprint density at radius 3 is 2.80 bits per heavy atom. The molecule has 2 heterocycles. The molecule has 104 valence electrons. The van der Waals surface area contributed by atoms with E-state index in [9.17, 15) is 0 Å². The van der Waals surface area contributed by atoms with Crippen molar-refractivity contribution in [2.75, 3.05) is 0 Å². The predicted octanol–water partition coefficient (Wildman–Crippen LogP) is 5.03. The average molecular weight is 324 g/mol. The van der Waals surface area contributed by atoms with Crippen LogP contribution in [0.1, 0.15) is 28.5 Å². The summed E-state index contributed by atoms with van der Waals surface area (Å²) >= 11 is 13.4. The summed E-state index contributed by atoms with van der Waals surface area (Å²) in [5.74, 6) is 0. The van der Waals surface area contributed by atoms with E-state index in [4.69, 9.17) is 23.8 Å². The van der Waals surface area contributed by atoms with Gasteiger partial charge in [-0.15, -0.1) is 11.3 Å². The van der Waals surface area contributed by atoms with E-state index in [0.29, 0.717) is 9.79 Å². The molecule has 0 saturated heterocycles. The summed E-state index contributed by atoms with van der Waals surface area (Å²) < 4.78 is 2.79. The number of halogens is 1. The zero-order valence-corrected chi connectivity index (χ0v) is 13.8. The van der Waals surface area contributed by atoms with Crippen molar-refractivity contribution in [3.8, 4) is 0 Å². The number of para-hydroxylation sites is 1. The third-order valence-corrected chi connectivity index (χ3v) is 5.26. The Hall–Kier alpha value is -1.17. The van der Waals surface area contributed by atoms with Crippen molar-refractivity contribution in [1.29, 1.82) is 0 Å². The van der Waals surface area contributed by atoms with Crippen molar-refractivity contribution in [1.82, 2.24) is 14.5 Å². The summed E-state index contributed by atoms with van der Waals surface area (Å²) in [6.45, 7) is 6.21. The van der Waals surface area contributed by atoms with E-state index in [2.05, 4.69) is 21.5 Å². The first-order chi connectivity index (χ1) is 9.49. The number of aromatic amines is 1. The lowest BCUT2D eigenvalue weighted by atomic mass is 10.2. The smallest absolute Gasteiger partial charge is 0.178 e. The summed E-state index contributed by atoms with van der Waals surface area (Å²) in [6, 6.07) is 5.99. The molecular formula is C14H14ClN3S2. The van der Waals surface area contributed by atoms with Crippen molar-refractivity contribution in [3.63, 3.8) is 0 Å². The van der Waals surface area contributed by atoms with Crippen molar-refractivity contribution in [2.45, 2.75) is 26.8 Å². The number of aryl methyl sites for hydroxylation is 2. The first-order valence-electron chi connectivity index (χ1n) is 6.31. The maximum Gasteiger partial charge on any atom is 0.178 e. The maximum atomic E-state index is 6.23. The molecule has 3 nitrogen and oxygen atoms in total. The van der Waals surface area contributed by atoms with Gasteiger partial charge in [0.15, 0.2) is 4.77 Å². The summed E-state index contributed by atoms with van der Waals surface area (Å²) in [5.41, 5.74) is 2.99. The Morgan fingerprint density at radius 1 is 1.40 bits per heavy atom. The number of hydrogen-bond donors (Lipinski definition) is 1. The fraction of sp³-hybridized carbons (Fsp3) is 0.286. The van der Waals surface area contributed by atoms with Gasteiger partial charge >= 0.3 is 0 Å². The first kappa shape index (κ1) is 13.8. The number of fused-ring (bicyclic) bond motifs is 1. The second-order valence-corrected chi connectivity index (χ2v) is 6.82. The number of aromatic nitrogens is 3. The fourth-order valence-corrected chi connectivity index (χ4v) is 4.10. The number of benzene rings is 1. The normalized spacial score (nSPS) is 13.0. The maximum absolute atomic E-state index is 6.23. The number of thiazole rings is 1. The Bertz CT molecular complexity index is 844. The molecular weight excluding hydrogens is 310 g/mol. The SMILES string of the molecule is Cc1nc(C)c(C(C)n2c(=S)[nH]c3c(Cl)cccc32)s1. The van der Waals surface area contributed by atoms with Gasteiger partial charge in [0.25, 0.3) is 0 Å². The molecule has 2 aromatic heterocycles. The van der Waals surface area contributed by atoms with Crippen molar-refractivity contribution in [2.24, 2.45) is 0 Å². The summed E-state index contributed by atoms with van der Waals surface area (Å²) in [5, 5.41) is 1.77. The molecule has 3 aromatic rings. The van der Waals surface area contributed by atoms with E-state index >= 15 is 0 Å². The van der Waals surface area contributed by atoms with Crippen LogP contribution in [0.4, 0.5) is 0 Å². The molecule has 0 saturated carbocycles. The molecule has 6 heteroatoms. The molecule has 0 spiro atoms. The third-order valence-electron chi connectivity index (χ3n) is 3.41. The van der Waals surface area contributed by atoms with Gasteiger partial charge in [0.05, 0.1) is 37.7 Å². The standard InChI is InChI=1S/C14H14ClN3S2/c1-7-13(20-9(3)16-7)8(2)18-11-6-4-5-10(15)12(11)17-14(18)19/h4-6,8H,1-3H3,(H,17,19). The van der Waals surface area contributed by atoms with Gasteiger partial charge in [-0.3, -0.25) is 0 Å². The minimum atomic E-state index is 0.140. The number of nitrogens with one attached hydrogen (secondary N) is 1. The fourth-order valence-electron chi connectivity index (χ4n) is 2.55. The average Bonchev–Trinajstić information content (AvgIpc) is 2.89. The minimum absolute atomic E-state index is 0.140. The number of H-pyrrole nitrogens is 1. The number of imidazole rings is 1. The van der Waals surface area contributed by atoms with E-state index in [-0.39, 0.29) is 6.04 Å². The van der Waals surface area contributed by atoms with E-state index < -0.39 is 0 Å². The van der Waals surface area contributed by atoms with Crippen LogP contribution < -0.4 is 0 Å². The molecule has 1 unspecified atom stereocenters. The second-order valence-electron chi connectivity index (χ2n) is 4.79. The molecule has 0 amide bonds. The Morgan fingerprint density at radius 2 is 2.15 bits per heavy atom. The zero-order valence-electron chi connectivity index (χ0n) is 11.4. The summed E-state index contributed by atoms with van der Waals surface area (Å²) in [7, 11) is 0. The van der Waals surface area contributed by atoms with Crippen LogP contribution in [0, 0.1) is 18.6 Å². The lowest BCUT2D eigenvalue weighted by Crippen LogP contribution is -2.06. The monoisotopic (exact) mass is 323 g/mol. The lowest BCUT2D eigenvalue weighted by Gasteiger charge is -2.13. The highest BCUT2D eigenvalue weighted by atomic mass is 35.5. The summed E-state index contributed by atoms with van der Waals surface area (Å²) in [6.07, 6.45) is 0. The van der Waals surface area contributed by atoms with Crippen LogP contribution in [0.5, 0.6) is 0 Å². The van der Waals surface area contributed by atoms with Crippen LogP contribution in [-0.2, 0) is 0 Å². The Labute approximate surface area is 131 Å². The molecule has 3 rings (SSSR count). The second kappa shape index (κ2) is 4.98. The molecule has 0 aliphatic heterocycles. The molecule has 1 aromatic carbocycles.